The van der Waals surface area contributed by atoms with Gasteiger partial charge in [-0.25, -0.2) is 4.98 Å². The molecule has 0 aromatic carbocycles. The van der Waals surface area contributed by atoms with E-state index in [1.807, 2.05) is 6.07 Å². The molecule has 2 saturated heterocycles. The Hall–Kier alpha value is -0.640. The van der Waals surface area contributed by atoms with Crippen LogP contribution >= 0.6 is 11.6 Å². The van der Waals surface area contributed by atoms with Gasteiger partial charge in [0, 0.05) is 11.8 Å². The number of hydrogen-bond donors (Lipinski definition) is 0. The smallest absolute Gasteiger partial charge is 0.146 e. The minimum atomic E-state index is -0.197. The van der Waals surface area contributed by atoms with Crippen molar-refractivity contribution >= 4 is 11.6 Å². The van der Waals surface area contributed by atoms with Crippen molar-refractivity contribution in [2.45, 2.75) is 11.7 Å². The van der Waals surface area contributed by atoms with Gasteiger partial charge in [-0.05, 0) is 6.07 Å². The number of halogens is 1. The van der Waals surface area contributed by atoms with E-state index in [0.29, 0.717) is 5.15 Å². The summed E-state index contributed by atoms with van der Waals surface area (Å²) >= 11 is 5.69. The highest BCUT2D eigenvalue weighted by Crippen LogP contribution is 2.47. The highest BCUT2D eigenvalue weighted by molar-refractivity contribution is 6.29. The van der Waals surface area contributed by atoms with Gasteiger partial charge in [-0.15, -0.1) is 0 Å². The van der Waals surface area contributed by atoms with Crippen molar-refractivity contribution in [2.75, 3.05) is 13.2 Å². The average molecular weight is 198 g/mol. The Balaban J connectivity index is 1.95. The fraction of sp³-hybridized carbons (Fsp3) is 0.444. The van der Waals surface area contributed by atoms with Crippen molar-refractivity contribution in [1.29, 1.82) is 0 Å². The van der Waals surface area contributed by atoms with Gasteiger partial charge in [0.1, 0.15) is 16.9 Å². The first kappa shape index (κ1) is 7.74. The predicted molar refractivity (Wildman–Crippen MR) is 46.6 cm³/mol. The fourth-order valence-corrected chi connectivity index (χ4v) is 1.67. The molecule has 68 valence electrons. The van der Waals surface area contributed by atoms with Crippen LogP contribution in [-0.4, -0.2) is 24.3 Å². The SMILES string of the molecule is Clc1ccc([C@]2(C3CO3)CO2)cn1. The van der Waals surface area contributed by atoms with Gasteiger partial charge in [-0.1, -0.05) is 17.7 Å². The zero-order chi connectivity index (χ0) is 8.89. The number of hydrogen-bond acceptors (Lipinski definition) is 3. The molecule has 13 heavy (non-hydrogen) atoms. The Labute approximate surface area is 80.6 Å². The van der Waals surface area contributed by atoms with Crippen molar-refractivity contribution in [2.24, 2.45) is 0 Å². The van der Waals surface area contributed by atoms with E-state index in [9.17, 15) is 0 Å². The van der Waals surface area contributed by atoms with Gasteiger partial charge in [0.25, 0.3) is 0 Å². The number of nitrogens with zero attached hydrogens (tertiary/aromatic N) is 1. The van der Waals surface area contributed by atoms with Gasteiger partial charge in [0.05, 0.1) is 13.2 Å². The standard InChI is InChI=1S/C9H8ClNO2/c10-8-2-1-6(3-11-8)9(5-13-9)7-4-12-7/h1-3,7H,4-5H2/t7?,9-/m0/s1. The lowest BCUT2D eigenvalue weighted by atomic mass is 9.99. The Morgan fingerprint density at radius 1 is 1.54 bits per heavy atom. The van der Waals surface area contributed by atoms with E-state index in [2.05, 4.69) is 4.98 Å². The molecule has 0 bridgehead atoms. The third-order valence-electron chi connectivity index (χ3n) is 2.52. The lowest BCUT2D eigenvalue weighted by Crippen LogP contribution is -2.16. The molecule has 2 fully saturated rings. The molecule has 0 N–H and O–H groups in total. The molecule has 0 spiro atoms. The van der Waals surface area contributed by atoms with Gasteiger partial charge >= 0.3 is 0 Å². The zero-order valence-corrected chi connectivity index (χ0v) is 7.62. The largest absolute Gasteiger partial charge is 0.369 e. The number of aromatic nitrogens is 1. The monoisotopic (exact) mass is 197 g/mol. The molecule has 2 atom stereocenters. The van der Waals surface area contributed by atoms with Crippen LogP contribution in [-0.2, 0) is 15.1 Å². The summed E-state index contributed by atoms with van der Waals surface area (Å²) in [6.45, 7) is 1.53. The highest BCUT2D eigenvalue weighted by atomic mass is 35.5. The zero-order valence-electron chi connectivity index (χ0n) is 6.87. The second kappa shape index (κ2) is 2.44. The van der Waals surface area contributed by atoms with Crippen LogP contribution in [0.4, 0.5) is 0 Å². The predicted octanol–water partition coefficient (Wildman–Crippen LogP) is 1.36. The van der Waals surface area contributed by atoms with Gasteiger partial charge in [-0.3, -0.25) is 0 Å². The Morgan fingerprint density at radius 3 is 2.77 bits per heavy atom. The Kier molecular flexibility index (Phi) is 1.45. The van der Waals surface area contributed by atoms with E-state index in [4.69, 9.17) is 21.1 Å². The number of rotatable bonds is 2. The summed E-state index contributed by atoms with van der Waals surface area (Å²) in [5.74, 6) is 0. The second-order valence-corrected chi connectivity index (χ2v) is 3.76. The molecule has 3 heterocycles. The third-order valence-corrected chi connectivity index (χ3v) is 2.75. The van der Waals surface area contributed by atoms with Crippen molar-refractivity contribution < 1.29 is 9.47 Å². The summed E-state index contributed by atoms with van der Waals surface area (Å²) in [5.41, 5.74) is 0.872. The maximum absolute atomic E-state index is 5.69. The minimum Gasteiger partial charge on any atom is -0.369 e. The van der Waals surface area contributed by atoms with E-state index in [1.54, 1.807) is 12.3 Å². The number of epoxide rings is 2. The van der Waals surface area contributed by atoms with Crippen molar-refractivity contribution in [3.05, 3.63) is 29.0 Å². The first-order chi connectivity index (χ1) is 6.31. The van der Waals surface area contributed by atoms with E-state index in [1.165, 1.54) is 0 Å². The van der Waals surface area contributed by atoms with Gasteiger partial charge < -0.3 is 9.47 Å². The fourth-order valence-electron chi connectivity index (χ4n) is 1.56. The van der Waals surface area contributed by atoms with E-state index in [-0.39, 0.29) is 11.7 Å². The summed E-state index contributed by atoms with van der Waals surface area (Å²) < 4.78 is 10.7. The molecule has 0 saturated carbocycles. The van der Waals surface area contributed by atoms with Gasteiger partial charge in [0.2, 0.25) is 0 Å². The van der Waals surface area contributed by atoms with Gasteiger partial charge in [-0.2, -0.15) is 0 Å². The maximum atomic E-state index is 5.69. The van der Waals surface area contributed by atoms with Gasteiger partial charge in [0.15, 0.2) is 0 Å². The first-order valence-electron chi connectivity index (χ1n) is 4.19. The summed E-state index contributed by atoms with van der Waals surface area (Å²) in [4.78, 5) is 4.03. The quantitative estimate of drug-likeness (QED) is 0.531. The topological polar surface area (TPSA) is 38.0 Å². The normalized spacial score (nSPS) is 35.9. The van der Waals surface area contributed by atoms with Crippen LogP contribution in [0.25, 0.3) is 0 Å². The van der Waals surface area contributed by atoms with Crippen LogP contribution in [0.5, 0.6) is 0 Å². The third kappa shape index (κ3) is 1.15. The molecule has 2 aliphatic heterocycles. The van der Waals surface area contributed by atoms with Crippen molar-refractivity contribution in [3.8, 4) is 0 Å². The Bertz CT molecular complexity index is 330. The van der Waals surface area contributed by atoms with Crippen LogP contribution in [0.3, 0.4) is 0 Å². The van der Waals surface area contributed by atoms with Crippen LogP contribution in [0.2, 0.25) is 5.15 Å². The lowest BCUT2D eigenvalue weighted by molar-refractivity contribution is 0.238. The lowest BCUT2D eigenvalue weighted by Gasteiger charge is -2.07. The highest BCUT2D eigenvalue weighted by Gasteiger charge is 2.59. The molecular formula is C9H8ClNO2. The molecule has 1 aromatic rings. The van der Waals surface area contributed by atoms with Crippen LogP contribution in [0.1, 0.15) is 5.56 Å². The Morgan fingerprint density at radius 2 is 2.31 bits per heavy atom. The summed E-state index contributed by atoms with van der Waals surface area (Å²) in [6.07, 6.45) is 1.99. The molecule has 2 aliphatic rings. The molecule has 1 unspecified atom stereocenters. The first-order valence-corrected chi connectivity index (χ1v) is 4.57. The molecule has 0 aliphatic carbocycles. The van der Waals surface area contributed by atoms with E-state index in [0.717, 1.165) is 18.8 Å². The van der Waals surface area contributed by atoms with Crippen LogP contribution < -0.4 is 0 Å². The second-order valence-electron chi connectivity index (χ2n) is 3.37. The molecule has 0 radical (unpaired) electrons. The number of ether oxygens (including phenoxy) is 2. The summed E-state index contributed by atoms with van der Waals surface area (Å²) in [7, 11) is 0. The maximum Gasteiger partial charge on any atom is 0.146 e. The average Bonchev–Trinajstić information content (AvgIpc) is 3.00. The van der Waals surface area contributed by atoms with Crippen LogP contribution in [0, 0.1) is 0 Å². The van der Waals surface area contributed by atoms with Crippen molar-refractivity contribution in [3.63, 3.8) is 0 Å². The van der Waals surface area contributed by atoms with E-state index >= 15 is 0 Å². The van der Waals surface area contributed by atoms with E-state index < -0.39 is 0 Å². The van der Waals surface area contributed by atoms with Crippen molar-refractivity contribution in [1.82, 2.24) is 4.98 Å². The molecule has 3 nitrogen and oxygen atoms in total. The molecule has 4 heteroatoms. The summed E-state index contributed by atoms with van der Waals surface area (Å²) in [6, 6.07) is 3.73. The summed E-state index contributed by atoms with van der Waals surface area (Å²) in [5, 5.41) is 0.510. The number of pyridine rings is 1. The minimum absolute atomic E-state index is 0.197. The molecule has 1 aromatic heterocycles. The molecule has 3 rings (SSSR count). The molecule has 0 amide bonds. The molecular weight excluding hydrogens is 190 g/mol. The van der Waals surface area contributed by atoms with Crippen LogP contribution in [0.15, 0.2) is 18.3 Å².